The number of aryl methyl sites for hydroxylation is 2. The fourth-order valence-corrected chi connectivity index (χ4v) is 4.45. The first-order valence-electron chi connectivity index (χ1n) is 8.67. The Morgan fingerprint density at radius 1 is 0.833 bits per heavy atom. The van der Waals surface area contributed by atoms with Crippen LogP contribution in [0.4, 0.5) is 0 Å². The van der Waals surface area contributed by atoms with E-state index in [0.29, 0.717) is 0 Å². The van der Waals surface area contributed by atoms with Gasteiger partial charge in [-0.25, -0.2) is 0 Å². The number of carbonyl (C=O) groups is 1. The van der Waals surface area contributed by atoms with Crippen molar-refractivity contribution in [3.63, 3.8) is 0 Å². The molecule has 0 aromatic heterocycles. The smallest absolute Gasteiger partial charge is 0.185 e. The predicted molar refractivity (Wildman–Crippen MR) is 103 cm³/mol. The average Bonchev–Trinajstić information content (AvgIpc) is 2.58. The van der Waals surface area contributed by atoms with E-state index in [1.54, 1.807) is 0 Å². The van der Waals surface area contributed by atoms with Crippen molar-refractivity contribution < 1.29 is 9.22 Å². The number of carbonyl (C=O) groups excluding carboxylic acids is 1. The monoisotopic (exact) mass is 340 g/mol. The third kappa shape index (κ3) is 6.06. The van der Waals surface area contributed by atoms with Gasteiger partial charge >= 0.3 is 0 Å². The first-order valence-corrected chi connectivity index (χ1v) is 12.1. The summed E-state index contributed by atoms with van der Waals surface area (Å²) in [4.78, 5) is 12.0. The Morgan fingerprint density at radius 2 is 1.25 bits per heavy atom. The van der Waals surface area contributed by atoms with E-state index in [1.165, 1.54) is 11.1 Å². The van der Waals surface area contributed by atoms with Gasteiger partial charge in [0.2, 0.25) is 0 Å². The van der Waals surface area contributed by atoms with Gasteiger partial charge in [-0.15, -0.1) is 0 Å². The normalized spacial score (nSPS) is 12.1. The van der Waals surface area contributed by atoms with Crippen LogP contribution >= 0.6 is 0 Å². The maximum atomic E-state index is 12.0. The SMILES string of the molecule is C[Si](C)(C)OC(C=O)(CCc1ccccc1)CCc1ccccc1. The Kier molecular flexibility index (Phi) is 6.52. The van der Waals surface area contributed by atoms with Gasteiger partial charge in [0.25, 0.3) is 0 Å². The number of hydrogen-bond acceptors (Lipinski definition) is 2. The summed E-state index contributed by atoms with van der Waals surface area (Å²) in [6, 6.07) is 20.7. The van der Waals surface area contributed by atoms with Crippen LogP contribution < -0.4 is 0 Å². The molecule has 0 amide bonds. The molecule has 0 saturated carbocycles. The second kappa shape index (κ2) is 8.40. The minimum atomic E-state index is -1.82. The van der Waals surface area contributed by atoms with Crippen molar-refractivity contribution in [3.8, 4) is 0 Å². The highest BCUT2D eigenvalue weighted by atomic mass is 28.4. The first kappa shape index (κ1) is 18.6. The van der Waals surface area contributed by atoms with Crippen LogP contribution in [0, 0.1) is 0 Å². The quantitative estimate of drug-likeness (QED) is 0.472. The number of hydrogen-bond donors (Lipinski definition) is 0. The second-order valence-electron chi connectivity index (χ2n) is 7.37. The van der Waals surface area contributed by atoms with Crippen molar-refractivity contribution in [1.29, 1.82) is 0 Å². The Hall–Kier alpha value is -1.71. The Bertz CT molecular complexity index is 574. The summed E-state index contributed by atoms with van der Waals surface area (Å²) < 4.78 is 6.39. The molecule has 3 heteroatoms. The fraction of sp³-hybridized carbons (Fsp3) is 0.381. The standard InChI is InChI=1S/C21H28O2Si/c1-24(2,3)23-21(18-22,16-14-19-10-6-4-7-11-19)17-15-20-12-8-5-9-13-20/h4-13,18H,14-17H2,1-3H3. The summed E-state index contributed by atoms with van der Waals surface area (Å²) in [6.45, 7) is 6.45. The van der Waals surface area contributed by atoms with E-state index in [4.69, 9.17) is 4.43 Å². The van der Waals surface area contributed by atoms with Crippen molar-refractivity contribution in [3.05, 3.63) is 71.8 Å². The molecule has 0 aliphatic heterocycles. The first-order chi connectivity index (χ1) is 11.4. The lowest BCUT2D eigenvalue weighted by atomic mass is 9.90. The number of rotatable bonds is 9. The molecule has 0 bridgehead atoms. The molecule has 0 fully saturated rings. The fourth-order valence-electron chi connectivity index (χ4n) is 2.98. The highest BCUT2D eigenvalue weighted by Crippen LogP contribution is 2.27. The highest BCUT2D eigenvalue weighted by molar-refractivity contribution is 6.70. The van der Waals surface area contributed by atoms with Gasteiger partial charge in [-0.1, -0.05) is 60.7 Å². The summed E-state index contributed by atoms with van der Waals surface area (Å²) in [5, 5.41) is 0. The summed E-state index contributed by atoms with van der Waals surface area (Å²) in [5.41, 5.74) is 1.82. The maximum absolute atomic E-state index is 12.0. The molecule has 0 spiro atoms. The molecule has 0 heterocycles. The zero-order valence-corrected chi connectivity index (χ0v) is 16.0. The molecule has 0 N–H and O–H groups in total. The minimum Gasteiger partial charge on any atom is -0.405 e. The van der Waals surface area contributed by atoms with Crippen molar-refractivity contribution in [1.82, 2.24) is 0 Å². The molecule has 0 atom stereocenters. The summed E-state index contributed by atoms with van der Waals surface area (Å²) >= 11 is 0. The topological polar surface area (TPSA) is 26.3 Å². The molecule has 0 aliphatic carbocycles. The maximum Gasteiger partial charge on any atom is 0.185 e. The van der Waals surface area contributed by atoms with E-state index < -0.39 is 13.9 Å². The molecule has 2 aromatic rings. The van der Waals surface area contributed by atoms with Gasteiger partial charge in [0.15, 0.2) is 14.6 Å². The van der Waals surface area contributed by atoms with Crippen LogP contribution in [-0.4, -0.2) is 20.2 Å². The van der Waals surface area contributed by atoms with Gasteiger partial charge in [0.05, 0.1) is 0 Å². The third-order valence-electron chi connectivity index (χ3n) is 4.08. The van der Waals surface area contributed by atoms with Crippen molar-refractivity contribution in [2.75, 3.05) is 0 Å². The molecule has 0 aliphatic rings. The Labute approximate surface area is 147 Å². The van der Waals surface area contributed by atoms with Gasteiger partial charge < -0.3 is 9.22 Å². The lowest BCUT2D eigenvalue weighted by molar-refractivity contribution is -0.123. The molecule has 2 rings (SSSR count). The van der Waals surface area contributed by atoms with Crippen molar-refractivity contribution >= 4 is 14.6 Å². The van der Waals surface area contributed by atoms with Gasteiger partial charge in [0.1, 0.15) is 5.60 Å². The molecular formula is C21H28O2Si. The molecule has 0 saturated heterocycles. The average molecular weight is 341 g/mol. The van der Waals surface area contributed by atoms with E-state index in [9.17, 15) is 4.79 Å². The van der Waals surface area contributed by atoms with Gasteiger partial charge in [-0.05, 0) is 56.5 Å². The third-order valence-corrected chi connectivity index (χ3v) is 5.10. The lowest BCUT2D eigenvalue weighted by Gasteiger charge is -2.35. The van der Waals surface area contributed by atoms with Crippen molar-refractivity contribution in [2.24, 2.45) is 0 Å². The highest BCUT2D eigenvalue weighted by Gasteiger charge is 2.35. The second-order valence-corrected chi connectivity index (χ2v) is 11.8. The van der Waals surface area contributed by atoms with E-state index in [-0.39, 0.29) is 0 Å². The van der Waals surface area contributed by atoms with Gasteiger partial charge in [-0.2, -0.15) is 0 Å². The van der Waals surface area contributed by atoms with Crippen LogP contribution in [0.2, 0.25) is 19.6 Å². The molecule has 24 heavy (non-hydrogen) atoms. The van der Waals surface area contributed by atoms with E-state index in [2.05, 4.69) is 43.9 Å². The largest absolute Gasteiger partial charge is 0.405 e. The van der Waals surface area contributed by atoms with E-state index >= 15 is 0 Å². The van der Waals surface area contributed by atoms with Crippen molar-refractivity contribution in [2.45, 2.75) is 50.9 Å². The van der Waals surface area contributed by atoms with Crippen LogP contribution in [-0.2, 0) is 22.1 Å². The van der Waals surface area contributed by atoms with Crippen LogP contribution in [0.15, 0.2) is 60.7 Å². The number of aldehydes is 1. The van der Waals surface area contributed by atoms with Crippen LogP contribution in [0.3, 0.4) is 0 Å². The predicted octanol–water partition coefficient (Wildman–Crippen LogP) is 5.04. The zero-order valence-electron chi connectivity index (χ0n) is 15.0. The minimum absolute atomic E-state index is 0.684. The van der Waals surface area contributed by atoms with E-state index in [1.807, 2.05) is 36.4 Å². The van der Waals surface area contributed by atoms with Gasteiger partial charge in [0, 0.05) is 0 Å². The van der Waals surface area contributed by atoms with E-state index in [0.717, 1.165) is 32.0 Å². The molecule has 0 radical (unpaired) electrons. The Morgan fingerprint density at radius 3 is 1.58 bits per heavy atom. The Balaban J connectivity index is 2.11. The van der Waals surface area contributed by atoms with Gasteiger partial charge in [-0.3, -0.25) is 0 Å². The molecule has 0 unspecified atom stereocenters. The summed E-state index contributed by atoms with van der Waals surface area (Å²) in [6.07, 6.45) is 4.24. The van der Waals surface area contributed by atoms with Crippen LogP contribution in [0.1, 0.15) is 24.0 Å². The molecule has 2 nitrogen and oxygen atoms in total. The van der Waals surface area contributed by atoms with Crippen LogP contribution in [0.25, 0.3) is 0 Å². The summed E-state index contributed by atoms with van der Waals surface area (Å²) in [7, 11) is -1.82. The molecule has 2 aromatic carbocycles. The number of benzene rings is 2. The molecular weight excluding hydrogens is 312 g/mol. The summed E-state index contributed by atoms with van der Waals surface area (Å²) in [5.74, 6) is 0. The zero-order chi connectivity index (χ0) is 17.5. The molecule has 128 valence electrons. The lowest BCUT2D eigenvalue weighted by Crippen LogP contribution is -2.45. The van der Waals surface area contributed by atoms with Crippen LogP contribution in [0.5, 0.6) is 0 Å².